The molecule has 0 saturated carbocycles. The molecule has 9 nitrogen and oxygen atoms in total. The smallest absolute Gasteiger partial charge is 0.269 e. The zero-order valence-electron chi connectivity index (χ0n) is 20.6. The number of hydrogen-bond acceptors (Lipinski definition) is 7. The van der Waals surface area contributed by atoms with Crippen molar-refractivity contribution in [2.24, 2.45) is 5.41 Å². The Morgan fingerprint density at radius 1 is 1.03 bits per heavy atom. The van der Waals surface area contributed by atoms with Gasteiger partial charge in [0.15, 0.2) is 17.3 Å². The van der Waals surface area contributed by atoms with Crippen molar-refractivity contribution in [2.45, 2.75) is 17.9 Å². The third-order valence-electron chi connectivity index (χ3n) is 8.38. The lowest BCUT2D eigenvalue weighted by Crippen LogP contribution is -2.58. The average Bonchev–Trinajstić information content (AvgIpc) is 3.47. The number of benzene rings is 3. The molecule has 9 heteroatoms. The summed E-state index contributed by atoms with van der Waals surface area (Å²) in [5.41, 5.74) is 0.247. The van der Waals surface area contributed by atoms with Gasteiger partial charge in [0.2, 0.25) is 0 Å². The van der Waals surface area contributed by atoms with Crippen LogP contribution in [0.15, 0.2) is 60.7 Å². The SMILES string of the molecule is COc1cc2c(cc1OC)C(=O)C1(C2)C(c2ccccc2)CN(C)C12C(=O)Nc1ccc([N+](=O)[O-])cc12. The van der Waals surface area contributed by atoms with E-state index in [1.807, 2.05) is 42.3 Å². The summed E-state index contributed by atoms with van der Waals surface area (Å²) in [5.74, 6) is 0.0247. The Hall–Kier alpha value is -4.24. The van der Waals surface area contributed by atoms with E-state index in [1.165, 1.54) is 26.4 Å². The highest BCUT2D eigenvalue weighted by Crippen LogP contribution is 2.67. The quantitative estimate of drug-likeness (QED) is 0.428. The molecule has 1 N–H and O–H groups in total. The van der Waals surface area contributed by atoms with Gasteiger partial charge >= 0.3 is 0 Å². The maximum absolute atomic E-state index is 14.7. The number of rotatable bonds is 4. The number of fused-ring (bicyclic) bond motifs is 4. The molecule has 2 aliphatic heterocycles. The first-order chi connectivity index (χ1) is 17.8. The van der Waals surface area contributed by atoms with Gasteiger partial charge in [-0.05, 0) is 42.8 Å². The summed E-state index contributed by atoms with van der Waals surface area (Å²) in [6.45, 7) is 0.410. The van der Waals surface area contributed by atoms with Crippen molar-refractivity contribution in [2.75, 3.05) is 33.1 Å². The van der Waals surface area contributed by atoms with E-state index in [2.05, 4.69) is 5.32 Å². The van der Waals surface area contributed by atoms with Crippen LogP contribution in [0.5, 0.6) is 11.5 Å². The predicted octanol–water partition coefficient (Wildman–Crippen LogP) is 3.91. The van der Waals surface area contributed by atoms with Gasteiger partial charge < -0.3 is 14.8 Å². The highest BCUT2D eigenvalue weighted by molar-refractivity contribution is 6.16. The van der Waals surface area contributed by atoms with E-state index < -0.39 is 15.9 Å². The molecular formula is C28H25N3O6. The number of carbonyl (C=O) groups excluding carboxylic acids is 2. The average molecular weight is 500 g/mol. The van der Waals surface area contributed by atoms with Gasteiger partial charge in [0.1, 0.15) is 5.54 Å². The summed E-state index contributed by atoms with van der Waals surface area (Å²) in [6, 6.07) is 17.5. The third kappa shape index (κ3) is 2.77. The fourth-order valence-corrected chi connectivity index (χ4v) is 6.92. The lowest BCUT2D eigenvalue weighted by Gasteiger charge is -2.43. The van der Waals surface area contributed by atoms with Gasteiger partial charge in [-0.25, -0.2) is 0 Å². The van der Waals surface area contributed by atoms with Crippen molar-refractivity contribution < 1.29 is 24.0 Å². The number of hydrogen-bond donors (Lipinski definition) is 1. The largest absolute Gasteiger partial charge is 0.493 e. The van der Waals surface area contributed by atoms with Crippen LogP contribution in [0.3, 0.4) is 0 Å². The fraction of sp³-hybridized carbons (Fsp3) is 0.286. The fourth-order valence-electron chi connectivity index (χ4n) is 6.92. The minimum atomic E-state index is -1.45. The summed E-state index contributed by atoms with van der Waals surface area (Å²) in [4.78, 5) is 42.0. The first kappa shape index (κ1) is 23.2. The molecule has 3 atom stereocenters. The van der Waals surface area contributed by atoms with Crippen molar-refractivity contribution in [3.63, 3.8) is 0 Å². The molecule has 0 aromatic heterocycles. The molecule has 3 aliphatic rings. The summed E-state index contributed by atoms with van der Waals surface area (Å²) in [6.07, 6.45) is 0.265. The zero-order chi connectivity index (χ0) is 26.1. The number of likely N-dealkylation sites (N-methyl/N-ethyl adjacent to an activating group) is 1. The van der Waals surface area contributed by atoms with Crippen molar-refractivity contribution >= 4 is 23.1 Å². The molecule has 3 aromatic carbocycles. The van der Waals surface area contributed by atoms with E-state index in [1.54, 1.807) is 18.2 Å². The van der Waals surface area contributed by atoms with Gasteiger partial charge in [-0.2, -0.15) is 0 Å². The lowest BCUT2D eigenvalue weighted by atomic mass is 9.59. The van der Waals surface area contributed by atoms with Crippen LogP contribution in [0, 0.1) is 15.5 Å². The van der Waals surface area contributed by atoms with Crippen LogP contribution in [0.1, 0.15) is 33.0 Å². The second-order valence-corrected chi connectivity index (χ2v) is 9.84. The molecule has 37 heavy (non-hydrogen) atoms. The van der Waals surface area contributed by atoms with Crippen molar-refractivity contribution in [3.8, 4) is 11.5 Å². The molecule has 0 bridgehead atoms. The third-order valence-corrected chi connectivity index (χ3v) is 8.38. The van der Waals surface area contributed by atoms with Crippen LogP contribution in [-0.4, -0.2) is 49.3 Å². The molecule has 6 rings (SSSR count). The van der Waals surface area contributed by atoms with Crippen LogP contribution in [0.25, 0.3) is 0 Å². The Morgan fingerprint density at radius 2 is 1.73 bits per heavy atom. The highest BCUT2D eigenvalue weighted by atomic mass is 16.6. The topological polar surface area (TPSA) is 111 Å². The van der Waals surface area contributed by atoms with E-state index in [9.17, 15) is 19.7 Å². The standard InChI is InChI=1S/C28H25N3O6/c1-30-15-21(16-7-5-4-6-8-16)27(14-17-11-23(36-2)24(37-3)13-19(17)25(27)32)28(30)20-12-18(31(34)35)9-10-22(20)29-26(28)33/h4-13,21H,14-15H2,1-3H3,(H,29,33). The number of non-ortho nitro benzene ring substituents is 1. The van der Waals surface area contributed by atoms with Crippen molar-refractivity contribution in [1.82, 2.24) is 4.90 Å². The molecule has 0 radical (unpaired) electrons. The predicted molar refractivity (Wildman–Crippen MR) is 135 cm³/mol. The van der Waals surface area contributed by atoms with Crippen LogP contribution in [0.2, 0.25) is 0 Å². The second-order valence-electron chi connectivity index (χ2n) is 9.84. The number of anilines is 1. The summed E-state index contributed by atoms with van der Waals surface area (Å²) in [5, 5.41) is 14.7. The van der Waals surface area contributed by atoms with Gasteiger partial charge in [0.05, 0.1) is 24.6 Å². The molecule has 1 amide bonds. The van der Waals surface area contributed by atoms with E-state index >= 15 is 0 Å². The molecule has 3 unspecified atom stereocenters. The number of nitro benzene ring substituents is 1. The minimum absolute atomic E-state index is 0.132. The first-order valence-electron chi connectivity index (χ1n) is 12.0. The number of nitrogens with one attached hydrogen (secondary N) is 1. The highest BCUT2D eigenvalue weighted by Gasteiger charge is 2.75. The number of ether oxygens (including phenoxy) is 2. The Morgan fingerprint density at radius 3 is 2.41 bits per heavy atom. The number of amides is 1. The van der Waals surface area contributed by atoms with Crippen LogP contribution in [-0.2, 0) is 16.8 Å². The molecule has 3 aromatic rings. The first-order valence-corrected chi connectivity index (χ1v) is 12.0. The second kappa shape index (κ2) is 7.88. The van der Waals surface area contributed by atoms with Gasteiger partial charge in [-0.1, -0.05) is 30.3 Å². The molecule has 2 heterocycles. The Kier molecular flexibility index (Phi) is 4.93. The van der Waals surface area contributed by atoms with Crippen molar-refractivity contribution in [1.29, 1.82) is 0 Å². The maximum Gasteiger partial charge on any atom is 0.269 e. The number of methoxy groups -OCH3 is 2. The Balaban J connectivity index is 1.67. The van der Waals surface area contributed by atoms with Crippen LogP contribution >= 0.6 is 0 Å². The number of Topliss-reactive ketones (excluding diaryl/α,β-unsaturated/α-hetero) is 1. The Bertz CT molecular complexity index is 1490. The number of nitrogens with zero attached hydrogens (tertiary/aromatic N) is 2. The van der Waals surface area contributed by atoms with E-state index in [0.717, 1.165) is 11.1 Å². The van der Waals surface area contributed by atoms with Crippen molar-refractivity contribution in [3.05, 3.63) is 93.0 Å². The van der Waals surface area contributed by atoms with Gasteiger partial charge in [-0.15, -0.1) is 0 Å². The molecule has 1 saturated heterocycles. The van der Waals surface area contributed by atoms with Crippen LogP contribution in [0.4, 0.5) is 11.4 Å². The normalized spacial score (nSPS) is 25.9. The summed E-state index contributed by atoms with van der Waals surface area (Å²) < 4.78 is 11.0. The minimum Gasteiger partial charge on any atom is -0.493 e. The van der Waals surface area contributed by atoms with E-state index in [4.69, 9.17) is 9.47 Å². The maximum atomic E-state index is 14.7. The number of likely N-dealkylation sites (tertiary alicyclic amines) is 1. The zero-order valence-corrected chi connectivity index (χ0v) is 20.6. The van der Waals surface area contributed by atoms with E-state index in [-0.39, 0.29) is 29.7 Å². The molecule has 188 valence electrons. The number of carbonyl (C=O) groups is 2. The molecule has 2 spiro atoms. The lowest BCUT2D eigenvalue weighted by molar-refractivity contribution is -0.385. The molecule has 1 fully saturated rings. The summed E-state index contributed by atoms with van der Waals surface area (Å²) >= 11 is 0. The molecule has 1 aliphatic carbocycles. The van der Waals surface area contributed by atoms with Gasteiger partial charge in [0, 0.05) is 41.4 Å². The number of ketones is 1. The number of nitro groups is 1. The van der Waals surface area contributed by atoms with Crippen LogP contribution < -0.4 is 14.8 Å². The van der Waals surface area contributed by atoms with E-state index in [0.29, 0.717) is 34.9 Å². The summed E-state index contributed by atoms with van der Waals surface area (Å²) in [7, 11) is 4.86. The van der Waals surface area contributed by atoms with Gasteiger partial charge in [-0.3, -0.25) is 24.6 Å². The van der Waals surface area contributed by atoms with Gasteiger partial charge in [0.25, 0.3) is 11.6 Å². The monoisotopic (exact) mass is 499 g/mol. The molecular weight excluding hydrogens is 474 g/mol. The Labute approximate surface area is 213 Å².